The van der Waals surface area contributed by atoms with Crippen molar-refractivity contribution in [2.45, 2.75) is 5.16 Å². The van der Waals surface area contributed by atoms with Crippen LogP contribution < -0.4 is 0 Å². The second-order valence-corrected chi connectivity index (χ2v) is 4.41. The number of hydrogen-bond donors (Lipinski definition) is 1. The van der Waals surface area contributed by atoms with E-state index in [0.29, 0.717) is 5.16 Å². The molecular formula is C9H9N5O3S. The van der Waals surface area contributed by atoms with Gasteiger partial charge in [0.1, 0.15) is 6.33 Å². The molecule has 0 bridgehead atoms. The average Bonchev–Trinajstić information content (AvgIpc) is 2.94. The molecule has 0 spiro atoms. The minimum Gasteiger partial charge on any atom is -0.353 e. The van der Waals surface area contributed by atoms with Crippen molar-refractivity contribution in [3.63, 3.8) is 0 Å². The maximum absolute atomic E-state index is 11.8. The number of hydrogen-bond acceptors (Lipinski definition) is 6. The molecule has 0 aromatic carbocycles. The number of thioether (sulfide) groups is 1. The molecule has 8 nitrogen and oxygen atoms in total. The number of carbonyl (C=O) groups excluding carboxylic acids is 1. The average molecular weight is 267 g/mol. The molecule has 0 amide bonds. The Kier molecular flexibility index (Phi) is 3.42. The Hall–Kier alpha value is -2.16. The molecule has 1 N–H and O–H groups in total. The Bertz CT molecular complexity index is 591. The second-order valence-electron chi connectivity index (χ2n) is 3.46. The Labute approximate surface area is 106 Å². The molecule has 0 aliphatic rings. The minimum absolute atomic E-state index is 0.123. The number of H-pyrrole nitrogens is 1. The Morgan fingerprint density at radius 3 is 3.00 bits per heavy atom. The molecule has 0 atom stereocenters. The molecular weight excluding hydrogens is 258 g/mol. The largest absolute Gasteiger partial charge is 0.353 e. The van der Waals surface area contributed by atoms with Crippen LogP contribution in [0.5, 0.6) is 0 Å². The number of aromatic amines is 1. The lowest BCUT2D eigenvalue weighted by molar-refractivity contribution is -0.384. The van der Waals surface area contributed by atoms with Crippen molar-refractivity contribution < 1.29 is 9.72 Å². The van der Waals surface area contributed by atoms with Gasteiger partial charge in [0.05, 0.1) is 22.6 Å². The first-order valence-electron chi connectivity index (χ1n) is 4.90. The van der Waals surface area contributed by atoms with E-state index >= 15 is 0 Å². The highest BCUT2D eigenvalue weighted by atomic mass is 32.2. The van der Waals surface area contributed by atoms with Gasteiger partial charge in [-0.15, -0.1) is 10.2 Å². The first-order valence-corrected chi connectivity index (χ1v) is 5.89. The van der Waals surface area contributed by atoms with Crippen molar-refractivity contribution in [3.05, 3.63) is 34.4 Å². The Morgan fingerprint density at radius 1 is 1.67 bits per heavy atom. The van der Waals surface area contributed by atoms with E-state index in [9.17, 15) is 14.9 Å². The highest BCUT2D eigenvalue weighted by Gasteiger charge is 2.15. The van der Waals surface area contributed by atoms with E-state index in [1.54, 1.807) is 11.6 Å². The highest BCUT2D eigenvalue weighted by Crippen LogP contribution is 2.17. The smallest absolute Gasteiger partial charge is 0.287 e. The van der Waals surface area contributed by atoms with E-state index in [4.69, 9.17) is 0 Å². The van der Waals surface area contributed by atoms with Crippen molar-refractivity contribution in [2.75, 3.05) is 5.75 Å². The van der Waals surface area contributed by atoms with E-state index in [0.717, 1.165) is 0 Å². The predicted octanol–water partition coefficient (Wildman–Crippen LogP) is 1.03. The molecule has 2 aromatic rings. The van der Waals surface area contributed by atoms with Crippen molar-refractivity contribution in [3.8, 4) is 0 Å². The zero-order chi connectivity index (χ0) is 13.1. The maximum atomic E-state index is 11.8. The molecule has 2 heterocycles. The van der Waals surface area contributed by atoms with Crippen LogP contribution in [-0.2, 0) is 7.05 Å². The van der Waals surface area contributed by atoms with Gasteiger partial charge in [0.2, 0.25) is 0 Å². The van der Waals surface area contributed by atoms with E-state index < -0.39 is 4.92 Å². The lowest BCUT2D eigenvalue weighted by Gasteiger charge is -1.98. The summed E-state index contributed by atoms with van der Waals surface area (Å²) in [5, 5.41) is 18.6. The second kappa shape index (κ2) is 5.00. The number of Topliss-reactive ketones (excluding diaryl/α,β-unsaturated/α-hetero) is 1. The quantitative estimate of drug-likeness (QED) is 0.375. The van der Waals surface area contributed by atoms with Crippen molar-refractivity contribution in [2.24, 2.45) is 7.05 Å². The van der Waals surface area contributed by atoms with E-state index in [-0.39, 0.29) is 22.9 Å². The Balaban J connectivity index is 1.99. The van der Waals surface area contributed by atoms with Gasteiger partial charge in [0.25, 0.3) is 5.69 Å². The summed E-state index contributed by atoms with van der Waals surface area (Å²) in [7, 11) is 1.77. The van der Waals surface area contributed by atoms with Gasteiger partial charge >= 0.3 is 0 Å². The summed E-state index contributed by atoms with van der Waals surface area (Å²) in [4.78, 5) is 24.3. The van der Waals surface area contributed by atoms with Crippen molar-refractivity contribution in [1.82, 2.24) is 19.7 Å². The third-order valence-electron chi connectivity index (χ3n) is 2.18. The number of nitro groups is 1. The summed E-state index contributed by atoms with van der Waals surface area (Å²) in [5.41, 5.74) is 0.0957. The van der Waals surface area contributed by atoms with Gasteiger partial charge in [0, 0.05) is 13.1 Å². The van der Waals surface area contributed by atoms with Gasteiger partial charge in [-0.3, -0.25) is 14.9 Å². The molecule has 0 saturated heterocycles. The molecule has 0 fully saturated rings. The molecule has 0 unspecified atom stereocenters. The fourth-order valence-corrected chi connectivity index (χ4v) is 2.03. The monoisotopic (exact) mass is 267 g/mol. The standard InChI is InChI=1S/C9H9N5O3S/c1-13-5-11-12-9(13)18-4-8(15)7-2-6(3-10-7)14(16)17/h2-3,5,10H,4H2,1H3. The first kappa shape index (κ1) is 12.3. The molecule has 0 radical (unpaired) electrons. The van der Waals surface area contributed by atoms with Crippen LogP contribution in [0.2, 0.25) is 0 Å². The van der Waals surface area contributed by atoms with Crippen molar-refractivity contribution >= 4 is 23.2 Å². The third-order valence-corrected chi connectivity index (χ3v) is 3.22. The van der Waals surface area contributed by atoms with Crippen LogP contribution in [-0.4, -0.2) is 36.2 Å². The molecule has 94 valence electrons. The molecule has 0 aliphatic carbocycles. The van der Waals surface area contributed by atoms with Crippen LogP contribution in [0.15, 0.2) is 23.7 Å². The number of nitrogens with zero attached hydrogens (tertiary/aromatic N) is 4. The van der Waals surface area contributed by atoms with E-state index in [1.807, 2.05) is 0 Å². The van der Waals surface area contributed by atoms with Gasteiger partial charge < -0.3 is 9.55 Å². The summed E-state index contributed by atoms with van der Waals surface area (Å²) < 4.78 is 1.69. The zero-order valence-corrected chi connectivity index (χ0v) is 10.2. The number of aromatic nitrogens is 4. The van der Waals surface area contributed by atoms with Gasteiger partial charge in [-0.05, 0) is 0 Å². The predicted molar refractivity (Wildman–Crippen MR) is 63.5 cm³/mol. The fourth-order valence-electron chi connectivity index (χ4n) is 1.26. The molecule has 0 saturated carbocycles. The highest BCUT2D eigenvalue weighted by molar-refractivity contribution is 7.99. The number of rotatable bonds is 5. The number of carbonyl (C=O) groups is 1. The van der Waals surface area contributed by atoms with Gasteiger partial charge in [-0.2, -0.15) is 0 Å². The molecule has 0 aliphatic heterocycles. The lowest BCUT2D eigenvalue weighted by Crippen LogP contribution is -2.03. The SMILES string of the molecule is Cn1cnnc1SCC(=O)c1cc([N+](=O)[O-])c[nH]1. The number of ketones is 1. The van der Waals surface area contributed by atoms with Crippen LogP contribution in [0.3, 0.4) is 0 Å². The van der Waals surface area contributed by atoms with Gasteiger partial charge in [0.15, 0.2) is 10.9 Å². The molecule has 18 heavy (non-hydrogen) atoms. The number of aryl methyl sites for hydroxylation is 1. The van der Waals surface area contributed by atoms with Crippen LogP contribution in [0.4, 0.5) is 5.69 Å². The maximum Gasteiger partial charge on any atom is 0.287 e. The van der Waals surface area contributed by atoms with Gasteiger partial charge in [-0.25, -0.2) is 0 Å². The zero-order valence-electron chi connectivity index (χ0n) is 9.36. The van der Waals surface area contributed by atoms with Crippen LogP contribution in [0.25, 0.3) is 0 Å². The topological polar surface area (TPSA) is 107 Å². The first-order chi connectivity index (χ1) is 8.58. The van der Waals surface area contributed by atoms with Crippen molar-refractivity contribution in [1.29, 1.82) is 0 Å². The van der Waals surface area contributed by atoms with E-state index in [1.165, 1.54) is 30.4 Å². The van der Waals surface area contributed by atoms with E-state index in [2.05, 4.69) is 15.2 Å². The molecule has 2 aromatic heterocycles. The normalized spacial score (nSPS) is 10.5. The summed E-state index contributed by atoms with van der Waals surface area (Å²) in [6.45, 7) is 0. The summed E-state index contributed by atoms with van der Waals surface area (Å²) in [5.74, 6) is -0.0828. The fraction of sp³-hybridized carbons (Fsp3) is 0.222. The van der Waals surface area contributed by atoms with Crippen LogP contribution in [0, 0.1) is 10.1 Å². The molecule has 2 rings (SSSR count). The lowest BCUT2D eigenvalue weighted by atomic mass is 10.3. The third kappa shape index (κ3) is 2.56. The summed E-state index contributed by atoms with van der Waals surface area (Å²) in [6, 6.07) is 1.22. The Morgan fingerprint density at radius 2 is 2.44 bits per heavy atom. The minimum atomic E-state index is -0.552. The van der Waals surface area contributed by atoms with Crippen LogP contribution >= 0.6 is 11.8 Å². The summed E-state index contributed by atoms with van der Waals surface area (Å²) >= 11 is 1.22. The number of nitrogens with one attached hydrogen (secondary N) is 1. The molecule has 9 heteroatoms. The van der Waals surface area contributed by atoms with Gasteiger partial charge in [-0.1, -0.05) is 11.8 Å². The van der Waals surface area contributed by atoms with Crippen LogP contribution in [0.1, 0.15) is 10.5 Å². The summed E-state index contributed by atoms with van der Waals surface area (Å²) in [6.07, 6.45) is 2.73.